The summed E-state index contributed by atoms with van der Waals surface area (Å²) in [5, 5.41) is 6.53. The minimum absolute atomic E-state index is 0.0180. The summed E-state index contributed by atoms with van der Waals surface area (Å²) in [5.41, 5.74) is 2.02. The molecule has 0 aliphatic heterocycles. The molecule has 1 N–H and O–H groups in total. The Bertz CT molecular complexity index is 523. The molecule has 0 saturated carbocycles. The second kappa shape index (κ2) is 4.67. The van der Waals surface area contributed by atoms with Gasteiger partial charge in [-0.2, -0.15) is 18.3 Å². The van der Waals surface area contributed by atoms with E-state index in [1.807, 2.05) is 0 Å². The van der Waals surface area contributed by atoms with Gasteiger partial charge in [-0.25, -0.2) is 4.98 Å². The lowest BCUT2D eigenvalue weighted by molar-refractivity contribution is -0.154. The Morgan fingerprint density at radius 3 is 2.72 bits per heavy atom. The molecular weight excluding hydrogens is 247 g/mol. The topological polar surface area (TPSA) is 50.8 Å². The SMILES string of the molecule is Cc1cc(-c2ccn[nH]2)cnc1OCC(F)(F)F. The van der Waals surface area contributed by atoms with Crippen molar-refractivity contribution in [3.63, 3.8) is 0 Å². The number of pyridine rings is 1. The van der Waals surface area contributed by atoms with E-state index in [4.69, 9.17) is 0 Å². The van der Waals surface area contributed by atoms with Crippen molar-refractivity contribution in [2.75, 3.05) is 6.61 Å². The number of rotatable bonds is 3. The summed E-state index contributed by atoms with van der Waals surface area (Å²) >= 11 is 0. The van der Waals surface area contributed by atoms with E-state index in [-0.39, 0.29) is 5.88 Å². The van der Waals surface area contributed by atoms with Crippen molar-refractivity contribution in [1.82, 2.24) is 15.2 Å². The first-order valence-corrected chi connectivity index (χ1v) is 5.11. The molecule has 0 spiro atoms. The molecule has 0 aromatic carbocycles. The van der Waals surface area contributed by atoms with E-state index in [1.54, 1.807) is 25.3 Å². The Morgan fingerprint density at radius 2 is 2.17 bits per heavy atom. The van der Waals surface area contributed by atoms with E-state index in [0.717, 1.165) is 11.3 Å². The third-order valence-electron chi connectivity index (χ3n) is 2.21. The fourth-order valence-electron chi connectivity index (χ4n) is 1.43. The molecule has 0 saturated heterocycles. The van der Waals surface area contributed by atoms with E-state index in [2.05, 4.69) is 19.9 Å². The van der Waals surface area contributed by atoms with Gasteiger partial charge in [0.05, 0.1) is 5.69 Å². The number of alkyl halides is 3. The zero-order chi connectivity index (χ0) is 13.2. The smallest absolute Gasteiger partial charge is 0.422 e. The zero-order valence-corrected chi connectivity index (χ0v) is 9.45. The quantitative estimate of drug-likeness (QED) is 0.919. The highest BCUT2D eigenvalue weighted by atomic mass is 19.4. The molecule has 0 atom stereocenters. The maximum Gasteiger partial charge on any atom is 0.422 e. The van der Waals surface area contributed by atoms with Gasteiger partial charge in [0.1, 0.15) is 0 Å². The first-order chi connectivity index (χ1) is 8.46. The lowest BCUT2D eigenvalue weighted by Gasteiger charge is -2.10. The number of H-pyrrole nitrogens is 1. The molecule has 4 nitrogen and oxygen atoms in total. The highest BCUT2D eigenvalue weighted by Gasteiger charge is 2.28. The van der Waals surface area contributed by atoms with Crippen molar-refractivity contribution in [2.45, 2.75) is 13.1 Å². The van der Waals surface area contributed by atoms with Crippen molar-refractivity contribution in [3.05, 3.63) is 30.1 Å². The maximum atomic E-state index is 12.0. The number of nitrogens with one attached hydrogen (secondary N) is 1. The number of hydrogen-bond acceptors (Lipinski definition) is 3. The van der Waals surface area contributed by atoms with Gasteiger partial charge in [0, 0.05) is 23.5 Å². The van der Waals surface area contributed by atoms with Crippen LogP contribution in [0.2, 0.25) is 0 Å². The minimum Gasteiger partial charge on any atom is -0.468 e. The van der Waals surface area contributed by atoms with Crippen molar-refractivity contribution in [2.24, 2.45) is 0 Å². The molecule has 0 fully saturated rings. The standard InChI is InChI=1S/C11H10F3N3O/c1-7-4-8(9-2-3-16-17-9)5-15-10(7)18-6-11(12,13)14/h2-5H,6H2,1H3,(H,16,17). The summed E-state index contributed by atoms with van der Waals surface area (Å²) in [6.07, 6.45) is -1.35. The predicted octanol–water partition coefficient (Wildman–Crippen LogP) is 2.72. The van der Waals surface area contributed by atoms with E-state index >= 15 is 0 Å². The molecule has 2 heterocycles. The number of ether oxygens (including phenoxy) is 1. The molecule has 2 aromatic heterocycles. The van der Waals surface area contributed by atoms with Crippen LogP contribution in [0.4, 0.5) is 13.2 Å². The van der Waals surface area contributed by atoms with Gasteiger partial charge in [-0.15, -0.1) is 0 Å². The largest absolute Gasteiger partial charge is 0.468 e. The third-order valence-corrected chi connectivity index (χ3v) is 2.21. The van der Waals surface area contributed by atoms with Gasteiger partial charge in [-0.05, 0) is 19.1 Å². The fourth-order valence-corrected chi connectivity index (χ4v) is 1.43. The monoisotopic (exact) mass is 257 g/mol. The summed E-state index contributed by atoms with van der Waals surface area (Å²) in [5.74, 6) is -0.0180. The van der Waals surface area contributed by atoms with Crippen LogP contribution in [-0.2, 0) is 0 Å². The normalized spacial score (nSPS) is 11.6. The summed E-state index contributed by atoms with van der Waals surface area (Å²) in [4.78, 5) is 3.87. The molecule has 2 aromatic rings. The van der Waals surface area contributed by atoms with Gasteiger partial charge in [-0.3, -0.25) is 5.10 Å². The van der Waals surface area contributed by atoms with Crippen molar-refractivity contribution >= 4 is 0 Å². The number of nitrogens with zero attached hydrogens (tertiary/aromatic N) is 2. The van der Waals surface area contributed by atoms with Gasteiger partial charge in [0.25, 0.3) is 0 Å². The predicted molar refractivity (Wildman–Crippen MR) is 58.1 cm³/mol. The molecule has 0 aliphatic rings. The lowest BCUT2D eigenvalue weighted by Crippen LogP contribution is -2.20. The van der Waals surface area contributed by atoms with Crippen LogP contribution in [0, 0.1) is 6.92 Å². The number of hydrogen-bond donors (Lipinski definition) is 1. The highest BCUT2D eigenvalue weighted by Crippen LogP contribution is 2.23. The van der Waals surface area contributed by atoms with Gasteiger partial charge in [0.15, 0.2) is 6.61 Å². The summed E-state index contributed by atoms with van der Waals surface area (Å²) < 4.78 is 40.6. The highest BCUT2D eigenvalue weighted by molar-refractivity contribution is 5.59. The Balaban J connectivity index is 2.16. The van der Waals surface area contributed by atoms with Crippen LogP contribution in [0.3, 0.4) is 0 Å². The summed E-state index contributed by atoms with van der Waals surface area (Å²) in [6.45, 7) is 0.294. The third kappa shape index (κ3) is 2.99. The molecule has 96 valence electrons. The Morgan fingerprint density at radius 1 is 1.39 bits per heavy atom. The molecule has 7 heteroatoms. The van der Waals surface area contributed by atoms with Crippen molar-refractivity contribution in [1.29, 1.82) is 0 Å². The minimum atomic E-state index is -4.36. The van der Waals surface area contributed by atoms with Crippen LogP contribution in [0.15, 0.2) is 24.5 Å². The van der Waals surface area contributed by atoms with E-state index in [1.165, 1.54) is 6.20 Å². The molecular formula is C11H10F3N3O. The van der Waals surface area contributed by atoms with E-state index in [0.29, 0.717) is 5.56 Å². The van der Waals surface area contributed by atoms with Gasteiger partial charge in [0.2, 0.25) is 5.88 Å². The van der Waals surface area contributed by atoms with Crippen molar-refractivity contribution < 1.29 is 17.9 Å². The first-order valence-electron chi connectivity index (χ1n) is 5.11. The molecule has 18 heavy (non-hydrogen) atoms. The number of halogens is 3. The average Bonchev–Trinajstić information content (AvgIpc) is 2.79. The molecule has 2 rings (SSSR count). The van der Waals surface area contributed by atoms with Crippen LogP contribution in [0.25, 0.3) is 11.3 Å². The Labute approximate surface area is 101 Å². The Kier molecular flexibility index (Phi) is 3.22. The molecule has 0 aliphatic carbocycles. The molecule has 0 radical (unpaired) electrons. The number of aryl methyl sites for hydroxylation is 1. The molecule has 0 unspecified atom stereocenters. The van der Waals surface area contributed by atoms with Crippen LogP contribution in [0.1, 0.15) is 5.56 Å². The fraction of sp³-hybridized carbons (Fsp3) is 0.273. The van der Waals surface area contributed by atoms with Crippen LogP contribution >= 0.6 is 0 Å². The number of aromatic amines is 1. The molecule has 0 bridgehead atoms. The summed E-state index contributed by atoms with van der Waals surface area (Å²) in [7, 11) is 0. The average molecular weight is 257 g/mol. The van der Waals surface area contributed by atoms with Crippen LogP contribution in [-0.4, -0.2) is 28.0 Å². The lowest BCUT2D eigenvalue weighted by atomic mass is 10.1. The second-order valence-electron chi connectivity index (χ2n) is 3.72. The van der Waals surface area contributed by atoms with Gasteiger partial charge in [-0.1, -0.05) is 0 Å². The van der Waals surface area contributed by atoms with E-state index in [9.17, 15) is 13.2 Å². The van der Waals surface area contributed by atoms with E-state index < -0.39 is 12.8 Å². The Hall–Kier alpha value is -2.05. The van der Waals surface area contributed by atoms with Gasteiger partial charge < -0.3 is 4.74 Å². The van der Waals surface area contributed by atoms with Crippen LogP contribution < -0.4 is 4.74 Å². The molecule has 0 amide bonds. The first kappa shape index (κ1) is 12.4. The van der Waals surface area contributed by atoms with Crippen LogP contribution in [0.5, 0.6) is 5.88 Å². The van der Waals surface area contributed by atoms with Crippen molar-refractivity contribution in [3.8, 4) is 17.1 Å². The summed E-state index contributed by atoms with van der Waals surface area (Å²) in [6, 6.07) is 3.43. The maximum absolute atomic E-state index is 12.0. The van der Waals surface area contributed by atoms with Gasteiger partial charge >= 0.3 is 6.18 Å². The second-order valence-corrected chi connectivity index (χ2v) is 3.72. The number of aromatic nitrogens is 3. The zero-order valence-electron chi connectivity index (χ0n) is 9.45.